The molecule has 0 fully saturated rings. The van der Waals surface area contributed by atoms with Crippen LogP contribution in [0.2, 0.25) is 0 Å². The highest BCUT2D eigenvalue weighted by molar-refractivity contribution is 5.81. The van der Waals surface area contributed by atoms with Crippen molar-refractivity contribution in [2.24, 2.45) is 11.7 Å². The van der Waals surface area contributed by atoms with E-state index < -0.39 is 6.04 Å². The second kappa shape index (κ2) is 5.12. The molecule has 16 heavy (non-hydrogen) atoms. The van der Waals surface area contributed by atoms with Gasteiger partial charge in [0.1, 0.15) is 11.8 Å². The van der Waals surface area contributed by atoms with E-state index in [2.05, 4.69) is 10.3 Å². The average Bonchev–Trinajstić information content (AvgIpc) is 2.63. The van der Waals surface area contributed by atoms with E-state index in [1.165, 1.54) is 0 Å². The molecule has 0 aliphatic rings. The Morgan fingerprint density at radius 1 is 1.50 bits per heavy atom. The summed E-state index contributed by atoms with van der Waals surface area (Å²) in [5, 5.41) is 2.77. The highest BCUT2D eigenvalue weighted by Crippen LogP contribution is 2.12. The first-order chi connectivity index (χ1) is 7.41. The van der Waals surface area contributed by atoms with Gasteiger partial charge in [-0.3, -0.25) is 4.79 Å². The minimum absolute atomic E-state index is 0.110. The van der Waals surface area contributed by atoms with E-state index in [1.54, 1.807) is 6.20 Å². The number of amides is 1. The molecule has 3 N–H and O–H groups in total. The molecule has 5 nitrogen and oxygen atoms in total. The third kappa shape index (κ3) is 3.06. The van der Waals surface area contributed by atoms with E-state index in [1.807, 2.05) is 27.7 Å². The molecule has 90 valence electrons. The SMILES string of the molecule is Cc1cnc(C(C)NC(=O)[C@H](N)C(C)C)o1. The van der Waals surface area contributed by atoms with Gasteiger partial charge < -0.3 is 15.5 Å². The van der Waals surface area contributed by atoms with Crippen molar-refractivity contribution in [2.75, 3.05) is 0 Å². The Bertz CT molecular complexity index is 360. The fraction of sp³-hybridized carbons (Fsp3) is 0.636. The Hall–Kier alpha value is -1.36. The number of hydrogen-bond donors (Lipinski definition) is 2. The zero-order valence-corrected chi connectivity index (χ0v) is 10.2. The van der Waals surface area contributed by atoms with Gasteiger partial charge >= 0.3 is 0 Å². The lowest BCUT2D eigenvalue weighted by Crippen LogP contribution is -2.44. The van der Waals surface area contributed by atoms with Crippen LogP contribution in [0.25, 0.3) is 0 Å². The highest BCUT2D eigenvalue weighted by atomic mass is 16.4. The van der Waals surface area contributed by atoms with Gasteiger partial charge in [-0.2, -0.15) is 0 Å². The summed E-state index contributed by atoms with van der Waals surface area (Å²) in [7, 11) is 0. The number of nitrogens with two attached hydrogens (primary N) is 1. The lowest BCUT2D eigenvalue weighted by atomic mass is 10.0. The van der Waals surface area contributed by atoms with Crippen molar-refractivity contribution < 1.29 is 9.21 Å². The van der Waals surface area contributed by atoms with Crippen molar-refractivity contribution in [1.29, 1.82) is 0 Å². The Labute approximate surface area is 95.4 Å². The van der Waals surface area contributed by atoms with Crippen LogP contribution < -0.4 is 11.1 Å². The van der Waals surface area contributed by atoms with Crippen molar-refractivity contribution in [3.05, 3.63) is 17.8 Å². The van der Waals surface area contributed by atoms with Gasteiger partial charge in [0.15, 0.2) is 0 Å². The van der Waals surface area contributed by atoms with Gasteiger partial charge in [-0.15, -0.1) is 0 Å². The van der Waals surface area contributed by atoms with Crippen LogP contribution in [0.4, 0.5) is 0 Å². The van der Waals surface area contributed by atoms with E-state index in [9.17, 15) is 4.79 Å². The molecule has 1 rings (SSSR count). The number of nitrogens with one attached hydrogen (secondary N) is 1. The van der Waals surface area contributed by atoms with Crippen LogP contribution in [0, 0.1) is 12.8 Å². The molecule has 1 unspecified atom stereocenters. The summed E-state index contributed by atoms with van der Waals surface area (Å²) in [6.07, 6.45) is 1.63. The van der Waals surface area contributed by atoms with Gasteiger partial charge in [-0.05, 0) is 19.8 Å². The summed E-state index contributed by atoms with van der Waals surface area (Å²) in [4.78, 5) is 15.7. The predicted octanol–water partition coefficient (Wildman–Crippen LogP) is 1.14. The quantitative estimate of drug-likeness (QED) is 0.805. The normalized spacial score (nSPS) is 14.9. The standard InChI is InChI=1S/C11H19N3O2/c1-6(2)9(12)10(15)14-8(4)11-13-5-7(3)16-11/h5-6,8-9H,12H2,1-4H3,(H,14,15)/t8?,9-/m1/s1. The number of rotatable bonds is 4. The summed E-state index contributed by atoms with van der Waals surface area (Å²) in [6.45, 7) is 7.44. The van der Waals surface area contributed by atoms with E-state index in [0.717, 1.165) is 5.76 Å². The molecule has 0 bridgehead atoms. The summed E-state index contributed by atoms with van der Waals surface area (Å²) in [5.41, 5.74) is 5.73. The van der Waals surface area contributed by atoms with Crippen molar-refractivity contribution in [2.45, 2.75) is 39.8 Å². The maximum absolute atomic E-state index is 11.7. The molecule has 0 aliphatic carbocycles. The van der Waals surface area contributed by atoms with Crippen LogP contribution in [0.5, 0.6) is 0 Å². The van der Waals surface area contributed by atoms with Gasteiger partial charge in [-0.1, -0.05) is 13.8 Å². The first-order valence-electron chi connectivity index (χ1n) is 5.40. The highest BCUT2D eigenvalue weighted by Gasteiger charge is 2.21. The van der Waals surface area contributed by atoms with Gasteiger partial charge in [0.2, 0.25) is 11.8 Å². The van der Waals surface area contributed by atoms with Crippen molar-refractivity contribution in [3.63, 3.8) is 0 Å². The minimum Gasteiger partial charge on any atom is -0.444 e. The number of nitrogens with zero attached hydrogens (tertiary/aromatic N) is 1. The molecule has 0 radical (unpaired) electrons. The fourth-order valence-electron chi connectivity index (χ4n) is 1.25. The number of carbonyl (C=O) groups excluding carboxylic acids is 1. The molecular formula is C11H19N3O2. The number of carbonyl (C=O) groups is 1. The van der Waals surface area contributed by atoms with E-state index >= 15 is 0 Å². The molecular weight excluding hydrogens is 206 g/mol. The molecule has 1 aromatic rings. The zero-order valence-electron chi connectivity index (χ0n) is 10.2. The van der Waals surface area contributed by atoms with Crippen LogP contribution >= 0.6 is 0 Å². The van der Waals surface area contributed by atoms with Crippen LogP contribution in [0.1, 0.15) is 38.5 Å². The largest absolute Gasteiger partial charge is 0.444 e. The number of aromatic nitrogens is 1. The third-order valence-electron chi connectivity index (χ3n) is 2.39. The minimum atomic E-state index is -0.501. The Morgan fingerprint density at radius 3 is 2.56 bits per heavy atom. The third-order valence-corrected chi connectivity index (χ3v) is 2.39. The molecule has 2 atom stereocenters. The van der Waals surface area contributed by atoms with E-state index in [0.29, 0.717) is 5.89 Å². The number of oxazole rings is 1. The maximum Gasteiger partial charge on any atom is 0.237 e. The van der Waals surface area contributed by atoms with Gasteiger partial charge in [0.25, 0.3) is 0 Å². The van der Waals surface area contributed by atoms with Crippen molar-refractivity contribution in [3.8, 4) is 0 Å². The van der Waals surface area contributed by atoms with Crippen molar-refractivity contribution in [1.82, 2.24) is 10.3 Å². The first kappa shape index (κ1) is 12.7. The molecule has 5 heteroatoms. The monoisotopic (exact) mass is 225 g/mol. The Kier molecular flexibility index (Phi) is 4.06. The molecule has 0 aromatic carbocycles. The van der Waals surface area contributed by atoms with Crippen LogP contribution in [0.15, 0.2) is 10.6 Å². The smallest absolute Gasteiger partial charge is 0.237 e. The van der Waals surface area contributed by atoms with Crippen LogP contribution in [0.3, 0.4) is 0 Å². The lowest BCUT2D eigenvalue weighted by Gasteiger charge is -2.17. The molecule has 1 heterocycles. The molecule has 0 aliphatic heterocycles. The lowest BCUT2D eigenvalue weighted by molar-refractivity contribution is -0.124. The summed E-state index contributed by atoms with van der Waals surface area (Å²) >= 11 is 0. The Balaban J connectivity index is 2.58. The fourth-order valence-corrected chi connectivity index (χ4v) is 1.25. The average molecular weight is 225 g/mol. The van der Waals surface area contributed by atoms with Crippen molar-refractivity contribution >= 4 is 5.91 Å². The van der Waals surface area contributed by atoms with Gasteiger partial charge in [-0.25, -0.2) is 4.98 Å². The summed E-state index contributed by atoms with van der Waals surface area (Å²) < 4.78 is 5.32. The summed E-state index contributed by atoms with van der Waals surface area (Å²) in [5.74, 6) is 1.16. The van der Waals surface area contributed by atoms with Crippen LogP contribution in [-0.4, -0.2) is 16.9 Å². The first-order valence-corrected chi connectivity index (χ1v) is 5.40. The second-order valence-corrected chi connectivity index (χ2v) is 4.31. The summed E-state index contributed by atoms with van der Waals surface area (Å²) in [6, 6.07) is -0.760. The number of aryl methyl sites for hydroxylation is 1. The van der Waals surface area contributed by atoms with E-state index in [-0.39, 0.29) is 17.9 Å². The Morgan fingerprint density at radius 2 is 2.12 bits per heavy atom. The molecule has 0 saturated heterocycles. The van der Waals surface area contributed by atoms with Crippen LogP contribution in [-0.2, 0) is 4.79 Å². The maximum atomic E-state index is 11.7. The predicted molar refractivity (Wildman–Crippen MR) is 60.6 cm³/mol. The molecule has 1 aromatic heterocycles. The second-order valence-electron chi connectivity index (χ2n) is 4.31. The topological polar surface area (TPSA) is 81.2 Å². The molecule has 1 amide bonds. The van der Waals surface area contributed by atoms with E-state index in [4.69, 9.17) is 10.2 Å². The molecule has 0 spiro atoms. The zero-order chi connectivity index (χ0) is 12.3. The number of hydrogen-bond acceptors (Lipinski definition) is 4. The molecule has 0 saturated carbocycles. The van der Waals surface area contributed by atoms with Gasteiger partial charge in [0, 0.05) is 0 Å². The van der Waals surface area contributed by atoms with Gasteiger partial charge in [0.05, 0.1) is 12.2 Å².